The van der Waals surface area contributed by atoms with Crippen molar-refractivity contribution >= 4 is 34.8 Å². The molecular formula is C32H31ClN2O4S. The maximum Gasteiger partial charge on any atom is 0.267 e. The minimum Gasteiger partial charge on any atom is -0.494 e. The fourth-order valence-corrected chi connectivity index (χ4v) is 6.49. The third-order valence-corrected chi connectivity index (χ3v) is 8.75. The molecule has 0 bridgehead atoms. The second-order valence-corrected chi connectivity index (χ2v) is 11.2. The van der Waals surface area contributed by atoms with Gasteiger partial charge in [0.1, 0.15) is 5.75 Å². The van der Waals surface area contributed by atoms with Crippen molar-refractivity contribution < 1.29 is 19.4 Å². The molecule has 0 radical (unpaired) electrons. The summed E-state index contributed by atoms with van der Waals surface area (Å²) >= 11 is 7.89. The molecule has 0 saturated carbocycles. The molecule has 0 atom stereocenters. The Balaban J connectivity index is 1.46. The van der Waals surface area contributed by atoms with Gasteiger partial charge in [-0.3, -0.25) is 14.9 Å². The summed E-state index contributed by atoms with van der Waals surface area (Å²) < 4.78 is 5.68. The molecule has 5 rings (SSSR count). The van der Waals surface area contributed by atoms with Gasteiger partial charge in [0.05, 0.1) is 16.9 Å². The van der Waals surface area contributed by atoms with Crippen LogP contribution in [0.3, 0.4) is 0 Å². The van der Waals surface area contributed by atoms with E-state index in [-0.39, 0.29) is 12.5 Å². The van der Waals surface area contributed by atoms with Crippen LogP contribution in [0.2, 0.25) is 5.02 Å². The zero-order chi connectivity index (χ0) is 28.0. The van der Waals surface area contributed by atoms with E-state index in [1.165, 1.54) is 11.3 Å². The van der Waals surface area contributed by atoms with E-state index in [1.54, 1.807) is 0 Å². The average molecular weight is 575 g/mol. The van der Waals surface area contributed by atoms with E-state index in [9.17, 15) is 9.59 Å². The number of carbonyl (C=O) groups is 2. The number of aliphatic hydroxyl groups excluding tert-OH is 1. The van der Waals surface area contributed by atoms with E-state index >= 15 is 0 Å². The molecule has 2 amide bonds. The molecule has 8 heteroatoms. The molecule has 0 aliphatic carbocycles. The SMILES string of the molecule is O=C(NC(=O)C1(c2ccccc2)CCNCC1)c1cc(-c2ccc(OCCCO)cc2)c(-c2ccccc2Cl)s1. The van der Waals surface area contributed by atoms with Crippen molar-refractivity contribution in [3.63, 3.8) is 0 Å². The first-order valence-electron chi connectivity index (χ1n) is 13.4. The lowest BCUT2D eigenvalue weighted by atomic mass is 9.72. The lowest BCUT2D eigenvalue weighted by molar-refractivity contribution is -0.126. The third kappa shape index (κ3) is 5.98. The third-order valence-electron chi connectivity index (χ3n) is 7.26. The number of hydrogen-bond acceptors (Lipinski definition) is 6. The number of benzene rings is 3. The van der Waals surface area contributed by atoms with E-state index in [0.29, 0.717) is 54.6 Å². The highest BCUT2D eigenvalue weighted by atomic mass is 35.5. The van der Waals surface area contributed by atoms with E-state index in [1.807, 2.05) is 84.9 Å². The molecule has 3 N–H and O–H groups in total. The molecule has 40 heavy (non-hydrogen) atoms. The highest BCUT2D eigenvalue weighted by Gasteiger charge is 2.42. The number of aliphatic hydroxyl groups is 1. The van der Waals surface area contributed by atoms with Gasteiger partial charge in [0.2, 0.25) is 5.91 Å². The fourth-order valence-electron chi connectivity index (χ4n) is 5.09. The lowest BCUT2D eigenvalue weighted by Gasteiger charge is -2.36. The number of amides is 2. The molecule has 0 spiro atoms. The molecule has 6 nitrogen and oxygen atoms in total. The summed E-state index contributed by atoms with van der Waals surface area (Å²) in [7, 11) is 0. The molecule has 1 fully saturated rings. The lowest BCUT2D eigenvalue weighted by Crippen LogP contribution is -2.52. The minimum absolute atomic E-state index is 0.0743. The first-order chi connectivity index (χ1) is 19.5. The van der Waals surface area contributed by atoms with Crippen molar-refractivity contribution in [2.45, 2.75) is 24.7 Å². The summed E-state index contributed by atoms with van der Waals surface area (Å²) in [6.07, 6.45) is 1.79. The summed E-state index contributed by atoms with van der Waals surface area (Å²) in [6, 6.07) is 26.7. The number of imide groups is 1. The molecule has 1 aliphatic rings. The molecule has 4 aromatic rings. The van der Waals surface area contributed by atoms with Gasteiger partial charge in [-0.2, -0.15) is 0 Å². The maximum absolute atomic E-state index is 13.7. The van der Waals surface area contributed by atoms with Crippen molar-refractivity contribution in [3.8, 4) is 27.3 Å². The molecule has 1 aromatic heterocycles. The average Bonchev–Trinajstić information content (AvgIpc) is 3.44. The number of rotatable bonds is 9. The highest BCUT2D eigenvalue weighted by Crippen LogP contribution is 2.43. The van der Waals surface area contributed by atoms with Crippen molar-refractivity contribution in [2.24, 2.45) is 0 Å². The van der Waals surface area contributed by atoms with Gasteiger partial charge in [-0.05, 0) is 61.3 Å². The van der Waals surface area contributed by atoms with Crippen LogP contribution < -0.4 is 15.4 Å². The van der Waals surface area contributed by atoms with Crippen molar-refractivity contribution in [1.29, 1.82) is 0 Å². The highest BCUT2D eigenvalue weighted by molar-refractivity contribution is 7.18. The summed E-state index contributed by atoms with van der Waals surface area (Å²) in [4.78, 5) is 28.6. The Bertz CT molecular complexity index is 1460. The maximum atomic E-state index is 13.7. The van der Waals surface area contributed by atoms with Crippen LogP contribution in [0.25, 0.3) is 21.6 Å². The largest absolute Gasteiger partial charge is 0.494 e. The van der Waals surface area contributed by atoms with E-state index in [0.717, 1.165) is 27.1 Å². The van der Waals surface area contributed by atoms with Gasteiger partial charge in [-0.1, -0.05) is 72.3 Å². The molecule has 206 valence electrons. The molecular weight excluding hydrogens is 544 g/mol. The van der Waals surface area contributed by atoms with Crippen LogP contribution in [0.4, 0.5) is 0 Å². The summed E-state index contributed by atoms with van der Waals surface area (Å²) in [5, 5.41) is 15.6. The van der Waals surface area contributed by atoms with Gasteiger partial charge in [-0.15, -0.1) is 11.3 Å². The number of piperidine rings is 1. The number of thiophene rings is 1. The van der Waals surface area contributed by atoms with Gasteiger partial charge in [0.25, 0.3) is 5.91 Å². The van der Waals surface area contributed by atoms with Gasteiger partial charge in [0.15, 0.2) is 0 Å². The van der Waals surface area contributed by atoms with E-state index < -0.39 is 11.3 Å². The molecule has 3 aromatic carbocycles. The standard InChI is InChI=1S/C32H31ClN2O4S/c33-27-10-5-4-9-25(27)29-26(22-11-13-24(14-12-22)39-20-6-19-36)21-28(40-29)30(37)35-31(38)32(15-17-34-18-16-32)23-7-2-1-3-8-23/h1-5,7-14,21,34,36H,6,15-20H2,(H,35,37,38). The van der Waals surface area contributed by atoms with Gasteiger partial charge < -0.3 is 15.2 Å². The first kappa shape index (κ1) is 28.1. The van der Waals surface area contributed by atoms with E-state index in [4.69, 9.17) is 21.4 Å². The smallest absolute Gasteiger partial charge is 0.267 e. The zero-order valence-electron chi connectivity index (χ0n) is 22.0. The van der Waals surface area contributed by atoms with Crippen molar-refractivity contribution in [2.75, 3.05) is 26.3 Å². The number of hydrogen-bond donors (Lipinski definition) is 3. The van der Waals surface area contributed by atoms with Gasteiger partial charge in [0, 0.05) is 34.1 Å². The topological polar surface area (TPSA) is 87.7 Å². The minimum atomic E-state index is -0.764. The van der Waals surface area contributed by atoms with Gasteiger partial charge >= 0.3 is 0 Å². The number of ether oxygens (including phenoxy) is 1. The van der Waals surface area contributed by atoms with Crippen LogP contribution in [0.1, 0.15) is 34.5 Å². The predicted octanol–water partition coefficient (Wildman–Crippen LogP) is 6.07. The van der Waals surface area contributed by atoms with Crippen molar-refractivity contribution in [1.82, 2.24) is 10.6 Å². The molecule has 2 heterocycles. The number of halogens is 1. The number of carbonyl (C=O) groups excluding carboxylic acids is 2. The quantitative estimate of drug-likeness (QED) is 0.167. The monoisotopic (exact) mass is 574 g/mol. The Morgan fingerprint density at radius 1 is 0.950 bits per heavy atom. The first-order valence-corrected chi connectivity index (χ1v) is 14.6. The Hall–Kier alpha value is -3.49. The Labute approximate surface area is 243 Å². The zero-order valence-corrected chi connectivity index (χ0v) is 23.6. The Kier molecular flexibility index (Phi) is 8.97. The molecule has 1 saturated heterocycles. The van der Waals surface area contributed by atoms with Crippen LogP contribution in [0.15, 0.2) is 84.9 Å². The van der Waals surface area contributed by atoms with Crippen LogP contribution >= 0.6 is 22.9 Å². The Morgan fingerprint density at radius 3 is 2.35 bits per heavy atom. The van der Waals surface area contributed by atoms with Crippen LogP contribution in [-0.4, -0.2) is 43.2 Å². The summed E-state index contributed by atoms with van der Waals surface area (Å²) in [6.45, 7) is 1.91. The van der Waals surface area contributed by atoms with E-state index in [2.05, 4.69) is 10.6 Å². The summed E-state index contributed by atoms with van der Waals surface area (Å²) in [5.41, 5.74) is 2.71. The second-order valence-electron chi connectivity index (χ2n) is 9.76. The number of nitrogens with one attached hydrogen (secondary N) is 2. The van der Waals surface area contributed by atoms with Crippen LogP contribution in [-0.2, 0) is 10.2 Å². The van der Waals surface area contributed by atoms with Gasteiger partial charge in [-0.25, -0.2) is 0 Å². The molecule has 0 unspecified atom stereocenters. The normalized spacial score (nSPS) is 14.4. The second kappa shape index (κ2) is 12.8. The fraction of sp³-hybridized carbons (Fsp3) is 0.250. The van der Waals surface area contributed by atoms with Crippen LogP contribution in [0.5, 0.6) is 5.75 Å². The van der Waals surface area contributed by atoms with Crippen LogP contribution in [0, 0.1) is 0 Å². The van der Waals surface area contributed by atoms with Crippen molar-refractivity contribution in [3.05, 3.63) is 100 Å². The Morgan fingerprint density at radius 2 is 1.65 bits per heavy atom. The predicted molar refractivity (Wildman–Crippen MR) is 160 cm³/mol. The summed E-state index contributed by atoms with van der Waals surface area (Å²) in [5.74, 6) is -0.000332. The molecule has 1 aliphatic heterocycles.